The third kappa shape index (κ3) is 2.11. The molecule has 2 N–H and O–H groups in total. The molecule has 0 radical (unpaired) electrons. The van der Waals surface area contributed by atoms with Crippen LogP contribution in [0.3, 0.4) is 0 Å². The van der Waals surface area contributed by atoms with Gasteiger partial charge in [0.15, 0.2) is 0 Å². The minimum atomic E-state index is 0.220. The topological polar surface area (TPSA) is 53.6 Å². The first-order valence-corrected chi connectivity index (χ1v) is 9.14. The lowest BCUT2D eigenvalue weighted by atomic mass is 9.89. The fourth-order valence-corrected chi connectivity index (χ4v) is 5.35. The molecule has 0 bridgehead atoms. The van der Waals surface area contributed by atoms with E-state index in [1.165, 1.54) is 5.56 Å². The number of carbonyl (C=O) groups is 1. The van der Waals surface area contributed by atoms with Gasteiger partial charge >= 0.3 is 0 Å². The zero-order valence-corrected chi connectivity index (χ0v) is 14.1. The summed E-state index contributed by atoms with van der Waals surface area (Å²) in [5.74, 6) is 3.87. The van der Waals surface area contributed by atoms with Gasteiger partial charge in [-0.2, -0.15) is 0 Å². The lowest BCUT2D eigenvalue weighted by Gasteiger charge is -2.29. The molecule has 1 amide bonds. The Hall–Kier alpha value is -1.59. The number of ether oxygens (including phenoxy) is 1. The molecular weight excluding hydrogens is 302 g/mol. The zero-order valence-electron chi connectivity index (χ0n) is 14.1. The van der Waals surface area contributed by atoms with Crippen LogP contribution in [0.1, 0.15) is 11.6 Å². The van der Waals surface area contributed by atoms with Gasteiger partial charge in [-0.1, -0.05) is 12.1 Å². The number of likely N-dealkylation sites (tertiary alicyclic amines) is 1. The Morgan fingerprint density at radius 1 is 1.04 bits per heavy atom. The minimum absolute atomic E-state index is 0.220. The van der Waals surface area contributed by atoms with E-state index in [1.807, 2.05) is 12.1 Å². The Labute approximate surface area is 142 Å². The standard InChI is InChI=1S/C19H25N3O2/c1-24-13-4-2-11(3-5-13)18-14-7-20-6-12(14)10-22(18)19(23)17-15-8-21-9-16(15)17/h2-5,12,14-18,20-21H,6-10H2,1H3/t12-,14-,15-,16+,17?,18-/m0/s1. The van der Waals surface area contributed by atoms with Gasteiger partial charge in [0.1, 0.15) is 5.75 Å². The lowest BCUT2D eigenvalue weighted by molar-refractivity contribution is -0.134. The quantitative estimate of drug-likeness (QED) is 0.865. The number of amides is 1. The van der Waals surface area contributed by atoms with Crippen molar-refractivity contribution in [2.45, 2.75) is 6.04 Å². The number of fused-ring (bicyclic) bond motifs is 2. The molecule has 5 nitrogen and oxygen atoms in total. The molecule has 1 aliphatic carbocycles. The van der Waals surface area contributed by atoms with E-state index >= 15 is 0 Å². The van der Waals surface area contributed by atoms with Gasteiger partial charge in [-0.05, 0) is 48.5 Å². The first kappa shape index (κ1) is 14.7. The van der Waals surface area contributed by atoms with Gasteiger partial charge in [-0.15, -0.1) is 0 Å². The maximum absolute atomic E-state index is 13.2. The zero-order chi connectivity index (χ0) is 16.3. The number of nitrogens with one attached hydrogen (secondary N) is 2. The van der Waals surface area contributed by atoms with Crippen LogP contribution in [-0.4, -0.2) is 50.6 Å². The van der Waals surface area contributed by atoms with Crippen molar-refractivity contribution in [1.82, 2.24) is 15.5 Å². The van der Waals surface area contributed by atoms with Crippen molar-refractivity contribution in [2.75, 3.05) is 39.8 Å². The van der Waals surface area contributed by atoms with Gasteiger partial charge in [-0.25, -0.2) is 0 Å². The molecule has 1 aromatic rings. The van der Waals surface area contributed by atoms with Crippen LogP contribution in [-0.2, 0) is 4.79 Å². The number of rotatable bonds is 3. The molecule has 24 heavy (non-hydrogen) atoms. The molecule has 3 aliphatic heterocycles. The molecule has 0 aromatic heterocycles. The summed E-state index contributed by atoms with van der Waals surface area (Å²) in [6.45, 7) is 5.02. The van der Waals surface area contributed by atoms with Crippen LogP contribution in [0, 0.1) is 29.6 Å². The van der Waals surface area contributed by atoms with Crippen LogP contribution >= 0.6 is 0 Å². The number of methoxy groups -OCH3 is 1. The number of carbonyl (C=O) groups excluding carboxylic acids is 1. The molecule has 5 heteroatoms. The summed E-state index contributed by atoms with van der Waals surface area (Å²) in [5.41, 5.74) is 1.25. The Morgan fingerprint density at radius 3 is 2.42 bits per heavy atom. The number of hydrogen-bond donors (Lipinski definition) is 2. The molecule has 3 heterocycles. The first-order chi connectivity index (χ1) is 11.8. The van der Waals surface area contributed by atoms with E-state index in [0.717, 1.165) is 38.5 Å². The highest BCUT2D eigenvalue weighted by atomic mass is 16.5. The summed E-state index contributed by atoms with van der Waals surface area (Å²) in [6.07, 6.45) is 0. The third-order valence-electron chi connectivity index (χ3n) is 6.68. The van der Waals surface area contributed by atoms with Crippen LogP contribution in [0.2, 0.25) is 0 Å². The highest BCUT2D eigenvalue weighted by Crippen LogP contribution is 2.52. The summed E-state index contributed by atoms with van der Waals surface area (Å²) < 4.78 is 5.29. The number of benzene rings is 1. The molecule has 5 rings (SSSR count). The van der Waals surface area contributed by atoms with E-state index in [4.69, 9.17) is 4.74 Å². The van der Waals surface area contributed by atoms with E-state index < -0.39 is 0 Å². The second-order valence-corrected chi connectivity index (χ2v) is 7.80. The summed E-state index contributed by atoms with van der Waals surface area (Å²) in [7, 11) is 1.69. The van der Waals surface area contributed by atoms with Crippen molar-refractivity contribution in [3.8, 4) is 5.75 Å². The predicted molar refractivity (Wildman–Crippen MR) is 90.6 cm³/mol. The van der Waals surface area contributed by atoms with Crippen LogP contribution in [0.5, 0.6) is 5.75 Å². The molecule has 6 atom stereocenters. The molecule has 0 spiro atoms. The molecule has 4 fully saturated rings. The molecule has 128 valence electrons. The number of hydrogen-bond acceptors (Lipinski definition) is 4. The lowest BCUT2D eigenvalue weighted by Crippen LogP contribution is -2.37. The van der Waals surface area contributed by atoms with Crippen LogP contribution < -0.4 is 15.4 Å². The highest BCUT2D eigenvalue weighted by molar-refractivity contribution is 5.83. The largest absolute Gasteiger partial charge is 0.497 e. The second-order valence-electron chi connectivity index (χ2n) is 7.80. The predicted octanol–water partition coefficient (Wildman–Crippen LogP) is 0.880. The Bertz CT molecular complexity index is 637. The SMILES string of the molecule is COc1ccc([C@H]2[C@H]3CNC[C@H]3CN2C(=O)C2[C@H]3CNC[C@@H]23)cc1. The van der Waals surface area contributed by atoms with Gasteiger partial charge in [0, 0.05) is 31.5 Å². The molecular formula is C19H25N3O2. The van der Waals surface area contributed by atoms with Gasteiger partial charge in [0.2, 0.25) is 5.91 Å². The van der Waals surface area contributed by atoms with Gasteiger partial charge in [0.05, 0.1) is 13.2 Å². The molecule has 1 saturated carbocycles. The van der Waals surface area contributed by atoms with E-state index in [0.29, 0.717) is 29.6 Å². The maximum Gasteiger partial charge on any atom is 0.226 e. The molecule has 3 saturated heterocycles. The van der Waals surface area contributed by atoms with E-state index in [2.05, 4.69) is 27.7 Å². The van der Waals surface area contributed by atoms with Gasteiger partial charge in [-0.3, -0.25) is 4.79 Å². The van der Waals surface area contributed by atoms with Crippen molar-refractivity contribution in [1.29, 1.82) is 0 Å². The molecule has 1 unspecified atom stereocenters. The third-order valence-corrected chi connectivity index (χ3v) is 6.68. The molecule has 4 aliphatic rings. The monoisotopic (exact) mass is 327 g/mol. The Morgan fingerprint density at radius 2 is 1.71 bits per heavy atom. The van der Waals surface area contributed by atoms with E-state index in [9.17, 15) is 4.79 Å². The highest BCUT2D eigenvalue weighted by Gasteiger charge is 2.60. The average Bonchev–Trinajstić information content (AvgIpc) is 3.02. The minimum Gasteiger partial charge on any atom is -0.497 e. The Balaban J connectivity index is 1.43. The normalized spacial score (nSPS) is 39.6. The van der Waals surface area contributed by atoms with Crippen LogP contribution in [0.4, 0.5) is 0 Å². The summed E-state index contributed by atoms with van der Waals surface area (Å²) in [4.78, 5) is 15.4. The fourth-order valence-electron chi connectivity index (χ4n) is 5.35. The number of nitrogens with zero attached hydrogens (tertiary/aromatic N) is 1. The van der Waals surface area contributed by atoms with Crippen LogP contribution in [0.15, 0.2) is 24.3 Å². The summed E-state index contributed by atoms with van der Waals surface area (Å²) in [5, 5.41) is 6.92. The smallest absolute Gasteiger partial charge is 0.226 e. The van der Waals surface area contributed by atoms with Crippen molar-refractivity contribution >= 4 is 5.91 Å². The summed E-state index contributed by atoms with van der Waals surface area (Å²) in [6, 6.07) is 8.53. The van der Waals surface area contributed by atoms with Gasteiger partial charge in [0.25, 0.3) is 0 Å². The van der Waals surface area contributed by atoms with Gasteiger partial charge < -0.3 is 20.3 Å². The van der Waals surface area contributed by atoms with E-state index in [1.54, 1.807) is 7.11 Å². The van der Waals surface area contributed by atoms with Crippen molar-refractivity contribution < 1.29 is 9.53 Å². The number of piperidine rings is 1. The second kappa shape index (κ2) is 5.46. The van der Waals surface area contributed by atoms with Crippen molar-refractivity contribution in [2.24, 2.45) is 29.6 Å². The van der Waals surface area contributed by atoms with E-state index in [-0.39, 0.29) is 12.0 Å². The molecule has 1 aromatic carbocycles. The van der Waals surface area contributed by atoms with Crippen molar-refractivity contribution in [3.63, 3.8) is 0 Å². The summed E-state index contributed by atoms with van der Waals surface area (Å²) >= 11 is 0. The van der Waals surface area contributed by atoms with Crippen LogP contribution in [0.25, 0.3) is 0 Å². The fraction of sp³-hybridized carbons (Fsp3) is 0.632. The van der Waals surface area contributed by atoms with Crippen molar-refractivity contribution in [3.05, 3.63) is 29.8 Å². The maximum atomic E-state index is 13.2. The average molecular weight is 327 g/mol. The first-order valence-electron chi connectivity index (χ1n) is 9.14. The Kier molecular flexibility index (Phi) is 3.35.